The standard InChI is InChI=1S/C21H29FN2O9.C9H11FN2O6.CH4/c1-10(2)17(26)30-9-21(22)15(32-19(28)12(5)6)14(31-18(27)11(3)4)16(33-21)24-8-7-13(25)23-20(24)29;10-9(3-13)6(16)5(15)7(18-9)12-2-1-4(14)11-8(12)17;/h7-8,10-12,14-16H,9H2,1-6H3,(H,23,25,29);1-2,5-7,13,15-16H,3H2,(H,11,14,17);1H4/t14-,15+,16-,21-;5-,6+,7-,9-;/m11./s1. The number of rotatable bonds is 10. The molecule has 292 valence electrons. The second-order valence-electron chi connectivity index (χ2n) is 12.5. The molecule has 2 aromatic rings. The van der Waals surface area contributed by atoms with Crippen LogP contribution in [0.5, 0.6) is 0 Å². The smallest absolute Gasteiger partial charge is 0.330 e. The fraction of sp³-hybridized carbons (Fsp3) is 0.645. The van der Waals surface area contributed by atoms with Crippen LogP contribution in [0.25, 0.3) is 0 Å². The van der Waals surface area contributed by atoms with Gasteiger partial charge in [0.25, 0.3) is 22.8 Å². The number of aliphatic hydroxyl groups is 3. The quantitative estimate of drug-likeness (QED) is 0.146. The van der Waals surface area contributed by atoms with Crippen molar-refractivity contribution in [3.8, 4) is 0 Å². The van der Waals surface area contributed by atoms with Gasteiger partial charge in [0.1, 0.15) is 18.8 Å². The number of esters is 3. The van der Waals surface area contributed by atoms with E-state index in [1.165, 1.54) is 41.5 Å². The molecule has 4 heterocycles. The third kappa shape index (κ3) is 9.64. The van der Waals surface area contributed by atoms with Crippen molar-refractivity contribution in [2.45, 2.75) is 97.6 Å². The molecular formula is C31H44F2N4O15. The average molecular weight is 751 g/mol. The Morgan fingerprint density at radius 1 is 0.788 bits per heavy atom. The molecule has 0 spiro atoms. The van der Waals surface area contributed by atoms with Crippen molar-refractivity contribution in [2.24, 2.45) is 17.8 Å². The molecule has 0 radical (unpaired) electrons. The maximum atomic E-state index is 16.1. The van der Waals surface area contributed by atoms with Crippen molar-refractivity contribution in [1.29, 1.82) is 0 Å². The van der Waals surface area contributed by atoms with Gasteiger partial charge in [-0.15, -0.1) is 0 Å². The van der Waals surface area contributed by atoms with Crippen LogP contribution < -0.4 is 22.5 Å². The van der Waals surface area contributed by atoms with Gasteiger partial charge >= 0.3 is 29.3 Å². The highest BCUT2D eigenvalue weighted by atomic mass is 19.2. The van der Waals surface area contributed by atoms with Gasteiger partial charge in [0.15, 0.2) is 25.2 Å². The lowest BCUT2D eigenvalue weighted by molar-refractivity contribution is -0.226. The van der Waals surface area contributed by atoms with Crippen LogP contribution in [0.1, 0.15) is 61.4 Å². The first kappa shape index (κ1) is 43.6. The largest absolute Gasteiger partial charge is 0.459 e. The second kappa shape index (κ2) is 17.3. The number of hydrogen-bond donors (Lipinski definition) is 5. The number of nitrogens with one attached hydrogen (secondary N) is 2. The van der Waals surface area contributed by atoms with Gasteiger partial charge in [-0.2, -0.15) is 0 Å². The van der Waals surface area contributed by atoms with Crippen molar-refractivity contribution in [1.82, 2.24) is 19.1 Å². The van der Waals surface area contributed by atoms with Crippen molar-refractivity contribution in [3.05, 3.63) is 66.2 Å². The van der Waals surface area contributed by atoms with Crippen molar-refractivity contribution in [2.75, 3.05) is 13.2 Å². The first-order valence-electron chi connectivity index (χ1n) is 15.6. The van der Waals surface area contributed by atoms with E-state index < -0.39 is 120 Å². The number of nitrogens with zero attached hydrogens (tertiary/aromatic N) is 2. The van der Waals surface area contributed by atoms with Crippen LogP contribution in [-0.4, -0.2) is 102 Å². The lowest BCUT2D eigenvalue weighted by atomic mass is 10.1. The number of carbonyl (C=O) groups excluding carboxylic acids is 3. The number of ether oxygens (including phenoxy) is 5. The Morgan fingerprint density at radius 3 is 1.65 bits per heavy atom. The maximum absolute atomic E-state index is 16.1. The first-order valence-corrected chi connectivity index (χ1v) is 15.6. The van der Waals surface area contributed by atoms with Crippen LogP contribution >= 0.6 is 0 Å². The molecule has 52 heavy (non-hydrogen) atoms. The molecule has 2 fully saturated rings. The third-order valence-corrected chi connectivity index (χ3v) is 7.48. The number of aliphatic hydroxyl groups excluding tert-OH is 3. The first-order chi connectivity index (χ1) is 23.6. The summed E-state index contributed by atoms with van der Waals surface area (Å²) < 4.78 is 57.1. The minimum atomic E-state index is -2.96. The van der Waals surface area contributed by atoms with Crippen molar-refractivity contribution >= 4 is 17.9 Å². The Bertz CT molecular complexity index is 1810. The van der Waals surface area contributed by atoms with Gasteiger partial charge in [-0.05, 0) is 0 Å². The molecule has 2 aliphatic heterocycles. The Hall–Kier alpha value is -4.57. The minimum Gasteiger partial charge on any atom is -0.459 e. The highest BCUT2D eigenvalue weighted by molar-refractivity contribution is 5.73. The van der Waals surface area contributed by atoms with E-state index in [-0.39, 0.29) is 7.43 Å². The van der Waals surface area contributed by atoms with E-state index in [1.807, 2.05) is 9.97 Å². The molecule has 5 N–H and O–H groups in total. The molecule has 0 unspecified atom stereocenters. The number of alkyl halides is 2. The van der Waals surface area contributed by atoms with E-state index in [9.17, 15) is 48.2 Å². The number of aromatic amines is 2. The minimum absolute atomic E-state index is 0. The van der Waals surface area contributed by atoms with Crippen LogP contribution in [0.4, 0.5) is 8.78 Å². The van der Waals surface area contributed by atoms with E-state index in [1.54, 1.807) is 0 Å². The zero-order chi connectivity index (χ0) is 38.6. The summed E-state index contributed by atoms with van der Waals surface area (Å²) in [6.45, 7) is 6.98. The molecule has 19 nitrogen and oxygen atoms in total. The summed E-state index contributed by atoms with van der Waals surface area (Å²) in [7, 11) is 0. The molecule has 21 heteroatoms. The summed E-state index contributed by atoms with van der Waals surface area (Å²) in [5, 5.41) is 27.8. The highest BCUT2D eigenvalue weighted by Gasteiger charge is 2.62. The van der Waals surface area contributed by atoms with E-state index >= 15 is 4.39 Å². The molecule has 0 saturated carbocycles. The molecule has 0 amide bonds. The lowest BCUT2D eigenvalue weighted by Gasteiger charge is -2.28. The molecule has 2 saturated heterocycles. The monoisotopic (exact) mass is 750 g/mol. The Labute approximate surface area is 294 Å². The Morgan fingerprint density at radius 2 is 1.23 bits per heavy atom. The summed E-state index contributed by atoms with van der Waals surface area (Å²) in [6.07, 6.45) is -8.43. The molecule has 0 bridgehead atoms. The van der Waals surface area contributed by atoms with E-state index in [0.717, 1.165) is 29.1 Å². The molecule has 4 rings (SSSR count). The number of hydrogen-bond acceptors (Lipinski definition) is 15. The molecule has 2 aliphatic rings. The summed E-state index contributed by atoms with van der Waals surface area (Å²) >= 11 is 0. The topological polar surface area (TPSA) is 268 Å². The maximum Gasteiger partial charge on any atom is 0.330 e. The SMILES string of the molecule is C.CC(C)C(=O)OC[C@@]1(F)O[C@@H](n2ccc(=O)[nH]c2=O)[C@H](OC(=O)C(C)C)[C@@H]1OC(=O)C(C)C.O=c1ccn([C@@H]2O[C@](F)(CO)[C@@H](O)[C@H]2O)c(=O)[nH]1. The molecule has 0 aromatic carbocycles. The Balaban J connectivity index is 0.000000415. The predicted octanol–water partition coefficient (Wildman–Crippen LogP) is -0.853. The summed E-state index contributed by atoms with van der Waals surface area (Å²) in [4.78, 5) is 86.7. The van der Waals surface area contributed by atoms with E-state index in [4.69, 9.17) is 24.1 Å². The van der Waals surface area contributed by atoms with Crippen LogP contribution in [0.3, 0.4) is 0 Å². The van der Waals surface area contributed by atoms with E-state index in [2.05, 4.69) is 4.74 Å². The highest BCUT2D eigenvalue weighted by Crippen LogP contribution is 2.42. The van der Waals surface area contributed by atoms with Gasteiger partial charge in [0, 0.05) is 24.5 Å². The number of carbonyl (C=O) groups is 3. The zero-order valence-electron chi connectivity index (χ0n) is 28.3. The van der Waals surface area contributed by atoms with Crippen molar-refractivity contribution < 1.29 is 62.2 Å². The van der Waals surface area contributed by atoms with Gasteiger partial charge in [-0.1, -0.05) is 49.0 Å². The van der Waals surface area contributed by atoms with Crippen LogP contribution in [0, 0.1) is 17.8 Å². The van der Waals surface area contributed by atoms with Crippen molar-refractivity contribution in [3.63, 3.8) is 0 Å². The number of aromatic nitrogens is 4. The normalized spacial score (nSPS) is 28.2. The van der Waals surface area contributed by atoms with E-state index in [0.29, 0.717) is 4.57 Å². The van der Waals surface area contributed by atoms with Crippen LogP contribution in [-0.2, 0) is 38.1 Å². The molecule has 8 atom stereocenters. The fourth-order valence-corrected chi connectivity index (χ4v) is 4.56. The predicted molar refractivity (Wildman–Crippen MR) is 172 cm³/mol. The zero-order valence-corrected chi connectivity index (χ0v) is 28.3. The van der Waals surface area contributed by atoms with Gasteiger partial charge in [0.05, 0.1) is 17.8 Å². The Kier molecular flexibility index (Phi) is 14.5. The second-order valence-corrected chi connectivity index (χ2v) is 12.5. The number of halogens is 2. The summed E-state index contributed by atoms with van der Waals surface area (Å²) in [5.74, 6) is -10.1. The van der Waals surface area contributed by atoms with Gasteiger partial charge in [-0.3, -0.25) is 43.1 Å². The van der Waals surface area contributed by atoms with Gasteiger partial charge in [0.2, 0.25) is 6.10 Å². The van der Waals surface area contributed by atoms with Crippen LogP contribution in [0.2, 0.25) is 0 Å². The molecule has 2 aromatic heterocycles. The third-order valence-electron chi connectivity index (χ3n) is 7.48. The summed E-state index contributed by atoms with van der Waals surface area (Å²) in [5.41, 5.74) is -3.29. The molecule has 0 aliphatic carbocycles. The summed E-state index contributed by atoms with van der Waals surface area (Å²) in [6, 6.07) is 1.96. The molecular weight excluding hydrogens is 706 g/mol. The van der Waals surface area contributed by atoms with Gasteiger partial charge < -0.3 is 39.0 Å². The average Bonchev–Trinajstić information content (AvgIpc) is 3.44. The number of H-pyrrole nitrogens is 2. The fourth-order valence-electron chi connectivity index (χ4n) is 4.56. The lowest BCUT2D eigenvalue weighted by Crippen LogP contribution is -2.48. The van der Waals surface area contributed by atoms with Crippen LogP contribution in [0.15, 0.2) is 43.7 Å². The van der Waals surface area contributed by atoms with Gasteiger partial charge in [-0.25, -0.2) is 18.4 Å².